The van der Waals surface area contributed by atoms with Crippen LogP contribution in [0.1, 0.15) is 30.8 Å². The maximum Gasteiger partial charge on any atom is 0.182 e. The molecule has 0 fully saturated rings. The third kappa shape index (κ3) is 2.51. The molecule has 0 aliphatic carbocycles. The largest absolute Gasteiger partial charge is 0.292 e. The summed E-state index contributed by atoms with van der Waals surface area (Å²) in [5.41, 5.74) is 0.692. The summed E-state index contributed by atoms with van der Waals surface area (Å²) in [6.45, 7) is 3.26. The topological polar surface area (TPSA) is 64.1 Å². The monoisotopic (exact) mass is 277 g/mol. The minimum atomic E-state index is -3.46. The summed E-state index contributed by atoms with van der Waals surface area (Å²) in [6, 6.07) is 8.72. The summed E-state index contributed by atoms with van der Waals surface area (Å²) in [6.07, 6.45) is 0.234. The molecule has 1 heterocycles. The zero-order chi connectivity index (χ0) is 14.0. The summed E-state index contributed by atoms with van der Waals surface area (Å²) >= 11 is 0. The van der Waals surface area contributed by atoms with Crippen LogP contribution in [0.5, 0.6) is 0 Å². The minimum Gasteiger partial charge on any atom is -0.292 e. The molecule has 4 nitrogen and oxygen atoms in total. The Bertz CT molecular complexity index is 735. The van der Waals surface area contributed by atoms with Gasteiger partial charge < -0.3 is 0 Å². The second-order valence-electron chi connectivity index (χ2n) is 4.21. The van der Waals surface area contributed by atoms with Crippen LogP contribution in [0.25, 0.3) is 10.9 Å². The van der Waals surface area contributed by atoms with Crippen molar-refractivity contribution in [2.24, 2.45) is 0 Å². The number of ketones is 1. The Labute approximate surface area is 112 Å². The number of hydrogen-bond acceptors (Lipinski definition) is 4. The summed E-state index contributed by atoms with van der Waals surface area (Å²) in [5, 5.41) is 0.724. The number of carbonyl (C=O) groups is 1. The van der Waals surface area contributed by atoms with Crippen LogP contribution in [0.15, 0.2) is 35.2 Å². The number of sulfone groups is 1. The zero-order valence-electron chi connectivity index (χ0n) is 10.9. The Kier molecular flexibility index (Phi) is 3.66. The van der Waals surface area contributed by atoms with Gasteiger partial charge in [-0.25, -0.2) is 13.4 Å². The van der Waals surface area contributed by atoms with E-state index in [2.05, 4.69) is 4.98 Å². The average molecular weight is 277 g/mol. The van der Waals surface area contributed by atoms with Crippen LogP contribution in [0, 0.1) is 0 Å². The standard InChI is InChI=1S/C14H15NO3S/c1-3-12(16)14-13(19(17,18)4-2)9-10-7-5-6-8-11(10)15-14/h5-9H,3-4H2,1-2H3. The molecular formula is C14H15NO3S. The number of benzene rings is 1. The van der Waals surface area contributed by atoms with Crippen LogP contribution >= 0.6 is 0 Å². The van der Waals surface area contributed by atoms with E-state index in [4.69, 9.17) is 0 Å². The van der Waals surface area contributed by atoms with Crippen molar-refractivity contribution in [1.29, 1.82) is 0 Å². The van der Waals surface area contributed by atoms with Crippen LogP contribution in [0.4, 0.5) is 0 Å². The number of Topliss-reactive ketones (excluding diaryl/α,β-unsaturated/α-hetero) is 1. The fourth-order valence-corrected chi connectivity index (χ4v) is 2.93. The number of para-hydroxylation sites is 1. The maximum absolute atomic E-state index is 12.1. The molecule has 0 N–H and O–H groups in total. The molecule has 0 spiro atoms. The van der Waals surface area contributed by atoms with E-state index in [9.17, 15) is 13.2 Å². The normalized spacial score (nSPS) is 11.7. The highest BCUT2D eigenvalue weighted by Crippen LogP contribution is 2.22. The lowest BCUT2D eigenvalue weighted by Gasteiger charge is -2.09. The highest BCUT2D eigenvalue weighted by Gasteiger charge is 2.22. The molecule has 0 aliphatic heterocycles. The highest BCUT2D eigenvalue weighted by molar-refractivity contribution is 7.91. The Balaban J connectivity index is 2.82. The number of nitrogens with zero attached hydrogens (tertiary/aromatic N) is 1. The number of carbonyl (C=O) groups excluding carboxylic acids is 1. The molecule has 2 aromatic rings. The fourth-order valence-electron chi connectivity index (χ4n) is 1.86. The molecule has 0 bridgehead atoms. The van der Waals surface area contributed by atoms with E-state index < -0.39 is 9.84 Å². The quantitative estimate of drug-likeness (QED) is 0.806. The molecule has 0 radical (unpaired) electrons. The number of fused-ring (bicyclic) bond motifs is 1. The lowest BCUT2D eigenvalue weighted by atomic mass is 10.1. The summed E-state index contributed by atoms with van der Waals surface area (Å²) in [5.74, 6) is -0.297. The molecule has 0 atom stereocenters. The first-order valence-corrected chi connectivity index (χ1v) is 7.80. The van der Waals surface area contributed by atoms with Gasteiger partial charge in [0, 0.05) is 11.8 Å². The van der Waals surface area contributed by atoms with Crippen LogP contribution in [-0.4, -0.2) is 24.9 Å². The van der Waals surface area contributed by atoms with Crippen LogP contribution < -0.4 is 0 Å². The molecular weight excluding hydrogens is 262 g/mol. The first-order chi connectivity index (χ1) is 8.99. The Morgan fingerprint density at radius 3 is 2.53 bits per heavy atom. The van der Waals surface area contributed by atoms with E-state index in [-0.39, 0.29) is 28.5 Å². The Morgan fingerprint density at radius 1 is 1.21 bits per heavy atom. The Morgan fingerprint density at radius 2 is 1.89 bits per heavy atom. The average Bonchev–Trinajstić information content (AvgIpc) is 2.45. The second kappa shape index (κ2) is 5.09. The van der Waals surface area contributed by atoms with Gasteiger partial charge in [0.05, 0.1) is 16.2 Å². The van der Waals surface area contributed by atoms with Gasteiger partial charge in [-0.15, -0.1) is 0 Å². The molecule has 0 saturated carbocycles. The van der Waals surface area contributed by atoms with Gasteiger partial charge in [-0.1, -0.05) is 32.0 Å². The molecule has 5 heteroatoms. The number of pyridine rings is 1. The smallest absolute Gasteiger partial charge is 0.182 e. The summed E-state index contributed by atoms with van der Waals surface area (Å²) in [4.78, 5) is 16.2. The third-order valence-electron chi connectivity index (χ3n) is 2.99. The lowest BCUT2D eigenvalue weighted by molar-refractivity contribution is 0.0980. The van der Waals surface area contributed by atoms with Crippen LogP contribution in [-0.2, 0) is 9.84 Å². The van der Waals surface area contributed by atoms with Crippen molar-refractivity contribution in [3.05, 3.63) is 36.0 Å². The summed E-state index contributed by atoms with van der Waals surface area (Å²) < 4.78 is 24.2. The number of rotatable bonds is 4. The molecule has 0 saturated heterocycles. The van der Waals surface area contributed by atoms with Gasteiger partial charge in [-0.2, -0.15) is 0 Å². The van der Waals surface area contributed by atoms with Crippen molar-refractivity contribution in [3.8, 4) is 0 Å². The van der Waals surface area contributed by atoms with Crippen LogP contribution in [0.3, 0.4) is 0 Å². The third-order valence-corrected chi connectivity index (χ3v) is 4.73. The van der Waals surface area contributed by atoms with Crippen molar-refractivity contribution < 1.29 is 13.2 Å². The van der Waals surface area contributed by atoms with Gasteiger partial charge >= 0.3 is 0 Å². The lowest BCUT2D eigenvalue weighted by Crippen LogP contribution is -2.13. The van der Waals surface area contributed by atoms with E-state index in [1.807, 2.05) is 12.1 Å². The molecule has 1 aromatic carbocycles. The van der Waals surface area contributed by atoms with Crippen molar-refractivity contribution >= 4 is 26.5 Å². The molecule has 100 valence electrons. The van der Waals surface area contributed by atoms with E-state index >= 15 is 0 Å². The van der Waals surface area contributed by atoms with Crippen molar-refractivity contribution in [3.63, 3.8) is 0 Å². The zero-order valence-corrected chi connectivity index (χ0v) is 11.7. The highest BCUT2D eigenvalue weighted by atomic mass is 32.2. The van der Waals surface area contributed by atoms with E-state index in [1.54, 1.807) is 32.0 Å². The molecule has 19 heavy (non-hydrogen) atoms. The first-order valence-electron chi connectivity index (χ1n) is 6.15. The van der Waals surface area contributed by atoms with Crippen molar-refractivity contribution in [2.75, 3.05) is 5.75 Å². The molecule has 2 rings (SSSR count). The molecule has 0 unspecified atom stereocenters. The predicted octanol–water partition coefficient (Wildman–Crippen LogP) is 2.62. The number of aromatic nitrogens is 1. The molecule has 0 aliphatic rings. The van der Waals surface area contributed by atoms with E-state index in [1.165, 1.54) is 0 Å². The van der Waals surface area contributed by atoms with Gasteiger partial charge in [0.2, 0.25) is 0 Å². The van der Waals surface area contributed by atoms with E-state index in [0.29, 0.717) is 5.52 Å². The van der Waals surface area contributed by atoms with Crippen molar-refractivity contribution in [2.45, 2.75) is 25.2 Å². The predicted molar refractivity (Wildman–Crippen MR) is 74.1 cm³/mol. The summed E-state index contributed by atoms with van der Waals surface area (Å²) in [7, 11) is -3.46. The van der Waals surface area contributed by atoms with Gasteiger partial charge in [-0.05, 0) is 12.1 Å². The van der Waals surface area contributed by atoms with Gasteiger partial charge in [0.25, 0.3) is 0 Å². The van der Waals surface area contributed by atoms with Gasteiger partial charge in [-0.3, -0.25) is 4.79 Å². The fraction of sp³-hybridized carbons (Fsp3) is 0.286. The van der Waals surface area contributed by atoms with E-state index in [0.717, 1.165) is 5.39 Å². The molecule has 0 amide bonds. The first kappa shape index (κ1) is 13.7. The molecule has 1 aromatic heterocycles. The second-order valence-corrected chi connectivity index (χ2v) is 6.45. The van der Waals surface area contributed by atoms with Crippen molar-refractivity contribution in [1.82, 2.24) is 4.98 Å². The van der Waals surface area contributed by atoms with Gasteiger partial charge in [0.1, 0.15) is 5.69 Å². The number of hydrogen-bond donors (Lipinski definition) is 0. The Hall–Kier alpha value is -1.75. The SMILES string of the molecule is CCC(=O)c1nc2ccccc2cc1S(=O)(=O)CC. The van der Waals surface area contributed by atoms with Crippen LogP contribution in [0.2, 0.25) is 0 Å². The minimum absolute atomic E-state index is 0.0422. The maximum atomic E-state index is 12.1. The van der Waals surface area contributed by atoms with Gasteiger partial charge in [0.15, 0.2) is 15.6 Å².